The zero-order chi connectivity index (χ0) is 17.1. The molecule has 0 bridgehead atoms. The lowest BCUT2D eigenvalue weighted by molar-refractivity contribution is -0.153. The van der Waals surface area contributed by atoms with Crippen LogP contribution in [0, 0.1) is 0 Å². The SMILES string of the molecule is CCCCCCCCC[C@H]1C[C@@H](O)[C@H](O)C=C[C@H](O)CC(=O)O1. The highest BCUT2D eigenvalue weighted by atomic mass is 16.5. The van der Waals surface area contributed by atoms with Crippen LogP contribution >= 0.6 is 0 Å². The molecule has 0 radical (unpaired) electrons. The summed E-state index contributed by atoms with van der Waals surface area (Å²) in [4.78, 5) is 11.8. The van der Waals surface area contributed by atoms with Crippen LogP contribution in [0.15, 0.2) is 12.2 Å². The van der Waals surface area contributed by atoms with E-state index in [9.17, 15) is 20.1 Å². The number of rotatable bonds is 8. The first-order valence-corrected chi connectivity index (χ1v) is 8.95. The average molecular weight is 328 g/mol. The summed E-state index contributed by atoms with van der Waals surface area (Å²) in [6.45, 7) is 2.19. The van der Waals surface area contributed by atoms with Gasteiger partial charge in [0.15, 0.2) is 0 Å². The number of unbranched alkanes of at least 4 members (excludes halogenated alkanes) is 6. The smallest absolute Gasteiger partial charge is 0.309 e. The first-order chi connectivity index (χ1) is 11.0. The maximum atomic E-state index is 11.8. The van der Waals surface area contributed by atoms with Crippen molar-refractivity contribution >= 4 is 5.97 Å². The summed E-state index contributed by atoms with van der Waals surface area (Å²) >= 11 is 0. The van der Waals surface area contributed by atoms with E-state index in [1.54, 1.807) is 0 Å². The second kappa shape index (κ2) is 11.6. The van der Waals surface area contributed by atoms with Crippen LogP contribution in [0.4, 0.5) is 0 Å². The lowest BCUT2D eigenvalue weighted by Gasteiger charge is -2.24. The molecule has 23 heavy (non-hydrogen) atoms. The Hall–Kier alpha value is -0.910. The number of carbonyl (C=O) groups excluding carboxylic acids is 1. The van der Waals surface area contributed by atoms with Crippen molar-refractivity contribution in [3.63, 3.8) is 0 Å². The molecule has 4 atom stereocenters. The van der Waals surface area contributed by atoms with E-state index in [1.807, 2.05) is 0 Å². The maximum Gasteiger partial charge on any atom is 0.309 e. The van der Waals surface area contributed by atoms with Crippen LogP contribution < -0.4 is 0 Å². The fourth-order valence-corrected chi connectivity index (χ4v) is 2.81. The van der Waals surface area contributed by atoms with Gasteiger partial charge < -0.3 is 20.1 Å². The summed E-state index contributed by atoms with van der Waals surface area (Å²) in [5.41, 5.74) is 0. The standard InChI is InChI=1S/C18H32O5/c1-2-3-4-5-6-7-8-9-15-13-17(21)16(20)11-10-14(19)12-18(22)23-15/h10-11,14-17,19-21H,2-9,12-13H2,1H3/t14-,15-,16+,17+/m0/s1. The summed E-state index contributed by atoms with van der Waals surface area (Å²) in [7, 11) is 0. The van der Waals surface area contributed by atoms with E-state index in [-0.39, 0.29) is 12.8 Å². The van der Waals surface area contributed by atoms with Gasteiger partial charge in [0.05, 0.1) is 24.7 Å². The molecule has 0 aromatic heterocycles. The second-order valence-corrected chi connectivity index (χ2v) is 6.47. The molecule has 0 saturated carbocycles. The normalized spacial score (nSPS) is 29.3. The lowest BCUT2D eigenvalue weighted by atomic mass is 9.99. The van der Waals surface area contributed by atoms with Crippen molar-refractivity contribution in [1.29, 1.82) is 0 Å². The van der Waals surface area contributed by atoms with E-state index in [4.69, 9.17) is 4.74 Å². The summed E-state index contributed by atoms with van der Waals surface area (Å²) in [5, 5.41) is 29.4. The van der Waals surface area contributed by atoms with Gasteiger partial charge in [-0.05, 0) is 12.8 Å². The van der Waals surface area contributed by atoms with Crippen LogP contribution in [0.25, 0.3) is 0 Å². The number of aliphatic hydroxyl groups excluding tert-OH is 3. The predicted molar refractivity (Wildman–Crippen MR) is 88.9 cm³/mol. The number of ether oxygens (including phenoxy) is 1. The molecule has 3 N–H and O–H groups in total. The van der Waals surface area contributed by atoms with Crippen LogP contribution in [-0.4, -0.2) is 45.7 Å². The zero-order valence-electron chi connectivity index (χ0n) is 14.2. The van der Waals surface area contributed by atoms with E-state index in [2.05, 4.69) is 6.92 Å². The highest BCUT2D eigenvalue weighted by molar-refractivity contribution is 5.70. The van der Waals surface area contributed by atoms with E-state index < -0.39 is 30.4 Å². The third-order valence-electron chi connectivity index (χ3n) is 4.23. The van der Waals surface area contributed by atoms with Crippen LogP contribution in [0.3, 0.4) is 0 Å². The summed E-state index contributed by atoms with van der Waals surface area (Å²) in [6, 6.07) is 0. The molecule has 0 spiro atoms. The molecule has 0 aromatic carbocycles. The molecular formula is C18H32O5. The minimum Gasteiger partial charge on any atom is -0.462 e. The van der Waals surface area contributed by atoms with Crippen LogP contribution in [0.2, 0.25) is 0 Å². The molecule has 134 valence electrons. The highest BCUT2D eigenvalue weighted by Gasteiger charge is 2.24. The minimum atomic E-state index is -1.04. The molecule has 1 aliphatic rings. The van der Waals surface area contributed by atoms with Gasteiger partial charge in [0.1, 0.15) is 6.10 Å². The predicted octanol–water partition coefficient (Wildman–Crippen LogP) is 2.47. The molecule has 5 heteroatoms. The molecular weight excluding hydrogens is 296 g/mol. The van der Waals surface area contributed by atoms with Gasteiger partial charge in [-0.1, -0.05) is 57.6 Å². The molecule has 1 heterocycles. The molecule has 0 amide bonds. The first-order valence-electron chi connectivity index (χ1n) is 8.95. The number of hydrogen-bond donors (Lipinski definition) is 3. The quantitative estimate of drug-likeness (QED) is 0.362. The van der Waals surface area contributed by atoms with Gasteiger partial charge in [-0.2, -0.15) is 0 Å². The Morgan fingerprint density at radius 2 is 1.70 bits per heavy atom. The largest absolute Gasteiger partial charge is 0.462 e. The van der Waals surface area contributed by atoms with Gasteiger partial charge in [-0.3, -0.25) is 4.79 Å². The topological polar surface area (TPSA) is 87.0 Å². The van der Waals surface area contributed by atoms with Gasteiger partial charge in [0.2, 0.25) is 0 Å². The van der Waals surface area contributed by atoms with Crippen molar-refractivity contribution in [2.45, 2.75) is 95.5 Å². The van der Waals surface area contributed by atoms with E-state index in [1.165, 1.54) is 44.3 Å². The third-order valence-corrected chi connectivity index (χ3v) is 4.23. The van der Waals surface area contributed by atoms with Crippen molar-refractivity contribution in [1.82, 2.24) is 0 Å². The Morgan fingerprint density at radius 3 is 2.39 bits per heavy atom. The van der Waals surface area contributed by atoms with E-state index in [0.717, 1.165) is 12.8 Å². The molecule has 0 saturated heterocycles. The Bertz CT molecular complexity index is 355. The van der Waals surface area contributed by atoms with Gasteiger partial charge in [-0.25, -0.2) is 0 Å². The first kappa shape index (κ1) is 20.1. The molecule has 0 unspecified atom stereocenters. The molecule has 0 aliphatic carbocycles. The van der Waals surface area contributed by atoms with Gasteiger partial charge >= 0.3 is 5.97 Å². The zero-order valence-corrected chi connectivity index (χ0v) is 14.2. The van der Waals surface area contributed by atoms with Gasteiger partial charge in [0, 0.05) is 6.42 Å². The molecule has 0 aromatic rings. The lowest BCUT2D eigenvalue weighted by Crippen LogP contribution is -2.33. The molecule has 1 rings (SSSR count). The average Bonchev–Trinajstić information content (AvgIpc) is 2.50. The molecule has 5 nitrogen and oxygen atoms in total. The fourth-order valence-electron chi connectivity index (χ4n) is 2.81. The Balaban J connectivity index is 2.39. The van der Waals surface area contributed by atoms with E-state index >= 15 is 0 Å². The number of hydrogen-bond acceptors (Lipinski definition) is 5. The summed E-state index contributed by atoms with van der Waals surface area (Å²) < 4.78 is 5.36. The third kappa shape index (κ3) is 9.08. The Kier molecular flexibility index (Phi) is 10.2. The molecule has 0 fully saturated rings. The van der Waals surface area contributed by atoms with Crippen LogP contribution in [-0.2, 0) is 9.53 Å². The summed E-state index contributed by atoms with van der Waals surface area (Å²) in [6.07, 6.45) is 8.25. The molecule has 1 aliphatic heterocycles. The maximum absolute atomic E-state index is 11.8. The van der Waals surface area contributed by atoms with Crippen LogP contribution in [0.5, 0.6) is 0 Å². The fraction of sp³-hybridized carbons (Fsp3) is 0.833. The number of esters is 1. The Morgan fingerprint density at radius 1 is 1.04 bits per heavy atom. The number of aliphatic hydroxyl groups is 3. The van der Waals surface area contributed by atoms with Crippen molar-refractivity contribution in [3.05, 3.63) is 12.2 Å². The van der Waals surface area contributed by atoms with Crippen LogP contribution in [0.1, 0.15) is 71.1 Å². The van der Waals surface area contributed by atoms with Gasteiger partial charge in [-0.15, -0.1) is 0 Å². The monoisotopic (exact) mass is 328 g/mol. The minimum absolute atomic E-state index is 0.118. The summed E-state index contributed by atoms with van der Waals surface area (Å²) in [5.74, 6) is -0.460. The van der Waals surface area contributed by atoms with Crippen molar-refractivity contribution in [2.75, 3.05) is 0 Å². The van der Waals surface area contributed by atoms with Crippen molar-refractivity contribution in [3.8, 4) is 0 Å². The van der Waals surface area contributed by atoms with Crippen molar-refractivity contribution in [2.24, 2.45) is 0 Å². The van der Waals surface area contributed by atoms with E-state index in [0.29, 0.717) is 6.42 Å². The number of cyclic esters (lactones) is 1. The number of carbonyl (C=O) groups is 1. The second-order valence-electron chi connectivity index (χ2n) is 6.47. The van der Waals surface area contributed by atoms with Gasteiger partial charge in [0.25, 0.3) is 0 Å². The highest BCUT2D eigenvalue weighted by Crippen LogP contribution is 2.18. The van der Waals surface area contributed by atoms with Crippen molar-refractivity contribution < 1.29 is 24.9 Å². The Labute approximate surface area is 139 Å².